The molecule has 3 amide bonds. The zero-order chi connectivity index (χ0) is 22.5. The van der Waals surface area contributed by atoms with Crippen LogP contribution in [0.2, 0.25) is 0 Å². The first-order valence-electron chi connectivity index (χ1n) is 10.7. The summed E-state index contributed by atoms with van der Waals surface area (Å²) in [6, 6.07) is 14.0. The van der Waals surface area contributed by atoms with E-state index < -0.39 is 18.5 Å². The largest absolute Gasteiger partial charge is 0.455 e. The van der Waals surface area contributed by atoms with Crippen molar-refractivity contribution in [2.24, 2.45) is 0 Å². The van der Waals surface area contributed by atoms with E-state index in [1.54, 1.807) is 41.3 Å². The Balaban J connectivity index is 1.23. The topological polar surface area (TPSA) is 105 Å². The van der Waals surface area contributed by atoms with Gasteiger partial charge in [0.15, 0.2) is 6.61 Å². The van der Waals surface area contributed by atoms with Crippen molar-refractivity contribution in [2.75, 3.05) is 23.4 Å². The lowest BCUT2D eigenvalue weighted by Crippen LogP contribution is -2.25. The maximum absolute atomic E-state index is 12.1. The van der Waals surface area contributed by atoms with Gasteiger partial charge in [0.25, 0.3) is 11.8 Å². The highest BCUT2D eigenvalue weighted by Crippen LogP contribution is 2.22. The van der Waals surface area contributed by atoms with Crippen LogP contribution in [-0.4, -0.2) is 42.9 Å². The molecule has 0 radical (unpaired) electrons. The van der Waals surface area contributed by atoms with Crippen molar-refractivity contribution in [1.82, 2.24) is 5.32 Å². The molecule has 2 aromatic rings. The van der Waals surface area contributed by atoms with E-state index in [1.165, 1.54) is 0 Å². The summed E-state index contributed by atoms with van der Waals surface area (Å²) in [5, 5.41) is 5.53. The van der Waals surface area contributed by atoms with Gasteiger partial charge in [-0.15, -0.1) is 0 Å². The van der Waals surface area contributed by atoms with Crippen LogP contribution in [-0.2, 0) is 25.5 Å². The lowest BCUT2D eigenvalue weighted by molar-refractivity contribution is -0.146. The van der Waals surface area contributed by atoms with Gasteiger partial charge in [-0.25, -0.2) is 0 Å². The molecule has 0 aromatic heterocycles. The summed E-state index contributed by atoms with van der Waals surface area (Å²) in [5.41, 5.74) is 2.48. The van der Waals surface area contributed by atoms with Gasteiger partial charge in [-0.2, -0.15) is 0 Å². The van der Waals surface area contributed by atoms with Gasteiger partial charge in [0.05, 0.1) is 6.42 Å². The van der Waals surface area contributed by atoms with Crippen LogP contribution in [0.4, 0.5) is 11.4 Å². The molecule has 2 N–H and O–H groups in total. The highest BCUT2D eigenvalue weighted by molar-refractivity contribution is 5.98. The second kappa shape index (κ2) is 9.64. The van der Waals surface area contributed by atoms with Crippen molar-refractivity contribution in [2.45, 2.75) is 38.1 Å². The molecule has 1 saturated heterocycles. The number of ether oxygens (including phenoxy) is 1. The number of nitrogens with zero attached hydrogens (tertiary/aromatic N) is 1. The molecule has 8 nitrogen and oxygen atoms in total. The van der Waals surface area contributed by atoms with Gasteiger partial charge < -0.3 is 20.3 Å². The van der Waals surface area contributed by atoms with Crippen LogP contribution < -0.4 is 15.5 Å². The molecule has 2 fully saturated rings. The highest BCUT2D eigenvalue weighted by atomic mass is 16.5. The lowest BCUT2D eigenvalue weighted by Gasteiger charge is -2.15. The first-order chi connectivity index (χ1) is 15.5. The van der Waals surface area contributed by atoms with Crippen molar-refractivity contribution < 1.29 is 23.9 Å². The van der Waals surface area contributed by atoms with Crippen LogP contribution in [0.15, 0.2) is 48.5 Å². The summed E-state index contributed by atoms with van der Waals surface area (Å²) >= 11 is 0. The average Bonchev–Trinajstić information content (AvgIpc) is 3.50. The van der Waals surface area contributed by atoms with Crippen LogP contribution in [0.3, 0.4) is 0 Å². The second-order valence-corrected chi connectivity index (χ2v) is 8.03. The standard InChI is InChI=1S/C24H25N3O5/c28-21(25-19-4-1-3-17(14-19)24(31)26-18-8-9-18)15-32-23(30)13-16-6-10-20(11-7-16)27-12-2-5-22(27)29/h1,3-4,6-7,10-11,14,18H,2,5,8-9,12-13,15H2,(H,25,28)(H,26,31). The lowest BCUT2D eigenvalue weighted by atomic mass is 10.1. The van der Waals surface area contributed by atoms with Crippen LogP contribution in [0.1, 0.15) is 41.6 Å². The number of esters is 1. The van der Waals surface area contributed by atoms with Crippen molar-refractivity contribution in [3.8, 4) is 0 Å². The van der Waals surface area contributed by atoms with Gasteiger partial charge in [0.1, 0.15) is 0 Å². The first-order valence-corrected chi connectivity index (χ1v) is 10.7. The summed E-state index contributed by atoms with van der Waals surface area (Å²) in [7, 11) is 0. The van der Waals surface area contributed by atoms with Crippen molar-refractivity contribution >= 4 is 35.1 Å². The molecule has 1 saturated carbocycles. The molecule has 1 aliphatic carbocycles. The number of carbonyl (C=O) groups excluding carboxylic acids is 4. The van der Waals surface area contributed by atoms with Crippen molar-refractivity contribution in [1.29, 1.82) is 0 Å². The quantitative estimate of drug-likeness (QED) is 0.620. The van der Waals surface area contributed by atoms with Crippen LogP contribution in [0, 0.1) is 0 Å². The molecule has 0 spiro atoms. The van der Waals surface area contributed by atoms with E-state index in [0.717, 1.165) is 30.5 Å². The third kappa shape index (κ3) is 5.72. The number of rotatable bonds is 8. The van der Waals surface area contributed by atoms with Crippen LogP contribution in [0.5, 0.6) is 0 Å². The number of nitrogens with one attached hydrogen (secondary N) is 2. The van der Waals surface area contributed by atoms with E-state index in [1.807, 2.05) is 12.1 Å². The van der Waals surface area contributed by atoms with E-state index in [-0.39, 0.29) is 24.3 Å². The summed E-state index contributed by atoms with van der Waals surface area (Å²) in [6.45, 7) is 0.293. The van der Waals surface area contributed by atoms with Gasteiger partial charge in [0, 0.05) is 35.9 Å². The van der Waals surface area contributed by atoms with Gasteiger partial charge in [0.2, 0.25) is 5.91 Å². The van der Waals surface area contributed by atoms with Gasteiger partial charge >= 0.3 is 5.97 Å². The van der Waals surface area contributed by atoms with Crippen molar-refractivity contribution in [3.63, 3.8) is 0 Å². The molecule has 2 aliphatic rings. The number of hydrogen-bond donors (Lipinski definition) is 2. The normalized spacial score (nSPS) is 15.4. The zero-order valence-electron chi connectivity index (χ0n) is 17.6. The summed E-state index contributed by atoms with van der Waals surface area (Å²) in [4.78, 5) is 49.9. The Kier molecular flexibility index (Phi) is 6.49. The molecule has 1 heterocycles. The van der Waals surface area contributed by atoms with Crippen LogP contribution >= 0.6 is 0 Å². The minimum Gasteiger partial charge on any atom is -0.455 e. The third-order valence-corrected chi connectivity index (χ3v) is 5.36. The summed E-state index contributed by atoms with van der Waals surface area (Å²) in [6.07, 6.45) is 3.44. The SMILES string of the molecule is O=C(COC(=O)Cc1ccc(N2CCCC2=O)cc1)Nc1cccc(C(=O)NC2CC2)c1. The minimum atomic E-state index is -0.525. The second-order valence-electron chi connectivity index (χ2n) is 8.03. The molecule has 1 aliphatic heterocycles. The number of anilines is 2. The average molecular weight is 435 g/mol. The Bertz CT molecular complexity index is 1030. The number of hydrogen-bond acceptors (Lipinski definition) is 5. The molecule has 0 bridgehead atoms. The molecule has 166 valence electrons. The predicted octanol–water partition coefficient (Wildman–Crippen LogP) is 2.43. The number of amides is 3. The minimum absolute atomic E-state index is 0.0261. The van der Waals surface area contributed by atoms with Crippen LogP contribution in [0.25, 0.3) is 0 Å². The maximum atomic E-state index is 12.1. The smallest absolute Gasteiger partial charge is 0.310 e. The number of benzene rings is 2. The summed E-state index contributed by atoms with van der Waals surface area (Å²) < 4.78 is 5.07. The van der Waals surface area contributed by atoms with Gasteiger partial charge in [-0.3, -0.25) is 19.2 Å². The Morgan fingerprint density at radius 3 is 2.53 bits per heavy atom. The fourth-order valence-electron chi connectivity index (χ4n) is 3.51. The molecule has 8 heteroatoms. The molecular formula is C24H25N3O5. The molecule has 0 atom stereocenters. The molecule has 2 aromatic carbocycles. The Morgan fingerprint density at radius 1 is 1.06 bits per heavy atom. The highest BCUT2D eigenvalue weighted by Gasteiger charge is 2.24. The maximum Gasteiger partial charge on any atom is 0.310 e. The van der Waals surface area contributed by atoms with Gasteiger partial charge in [-0.05, 0) is 55.2 Å². The Morgan fingerprint density at radius 2 is 1.84 bits per heavy atom. The molecule has 4 rings (SSSR count). The van der Waals surface area contributed by atoms with E-state index in [2.05, 4.69) is 10.6 Å². The Hall–Kier alpha value is -3.68. The number of carbonyl (C=O) groups is 4. The fourth-order valence-corrected chi connectivity index (χ4v) is 3.51. The van der Waals surface area contributed by atoms with E-state index >= 15 is 0 Å². The Labute approximate surface area is 185 Å². The summed E-state index contributed by atoms with van der Waals surface area (Å²) in [5.74, 6) is -1.07. The van der Waals surface area contributed by atoms with Gasteiger partial charge in [-0.1, -0.05) is 18.2 Å². The molecule has 0 unspecified atom stereocenters. The first kappa shape index (κ1) is 21.5. The molecular weight excluding hydrogens is 410 g/mol. The van der Waals surface area contributed by atoms with E-state index in [9.17, 15) is 19.2 Å². The van der Waals surface area contributed by atoms with E-state index in [0.29, 0.717) is 24.2 Å². The van der Waals surface area contributed by atoms with Crippen molar-refractivity contribution in [3.05, 3.63) is 59.7 Å². The third-order valence-electron chi connectivity index (χ3n) is 5.36. The fraction of sp³-hybridized carbons (Fsp3) is 0.333. The molecule has 32 heavy (non-hydrogen) atoms. The zero-order valence-corrected chi connectivity index (χ0v) is 17.6. The predicted molar refractivity (Wildman–Crippen MR) is 118 cm³/mol. The monoisotopic (exact) mass is 435 g/mol. The van der Waals surface area contributed by atoms with E-state index in [4.69, 9.17) is 4.74 Å².